The molecule has 0 saturated heterocycles. The number of anilines is 1. The van der Waals surface area contributed by atoms with Crippen molar-refractivity contribution in [1.82, 2.24) is 0 Å². The van der Waals surface area contributed by atoms with Gasteiger partial charge in [-0.3, -0.25) is 4.72 Å². The van der Waals surface area contributed by atoms with Gasteiger partial charge in [0.2, 0.25) is 10.0 Å². The lowest BCUT2D eigenvalue weighted by Crippen LogP contribution is -2.31. The molecule has 3 N–H and O–H groups in total. The van der Waals surface area contributed by atoms with Crippen molar-refractivity contribution in [2.24, 2.45) is 5.73 Å². The first-order valence-corrected chi connectivity index (χ1v) is 6.84. The van der Waals surface area contributed by atoms with Gasteiger partial charge in [-0.05, 0) is 25.1 Å². The van der Waals surface area contributed by atoms with E-state index in [1.807, 2.05) is 0 Å². The summed E-state index contributed by atoms with van der Waals surface area (Å²) in [5.74, 6) is 0. The molecule has 0 fully saturated rings. The molecule has 1 aromatic carbocycles. The average Bonchev–Trinajstić information content (AvgIpc) is 2.21. The molecule has 7 heteroatoms. The second kappa shape index (κ2) is 5.23. The highest BCUT2D eigenvalue weighted by Gasteiger charge is 2.19. The Hall–Kier alpha value is -0.490. The third kappa shape index (κ3) is 3.25. The normalized spacial score (nSPS) is 13.5. The van der Waals surface area contributed by atoms with E-state index in [-0.39, 0.29) is 11.6 Å². The van der Waals surface area contributed by atoms with Crippen LogP contribution < -0.4 is 10.5 Å². The maximum atomic E-state index is 11.7. The van der Waals surface area contributed by atoms with E-state index in [4.69, 9.17) is 28.9 Å². The van der Waals surface area contributed by atoms with Crippen LogP contribution in [0.4, 0.5) is 5.69 Å². The van der Waals surface area contributed by atoms with E-state index in [1.54, 1.807) is 6.07 Å². The molecule has 0 bridgehead atoms. The van der Waals surface area contributed by atoms with E-state index in [0.29, 0.717) is 10.7 Å². The smallest absolute Gasteiger partial charge is 0.236 e. The molecule has 0 spiro atoms. The third-order valence-corrected chi connectivity index (χ3v) is 4.35. The molecule has 4 nitrogen and oxygen atoms in total. The number of hydrogen-bond acceptors (Lipinski definition) is 3. The fourth-order valence-electron chi connectivity index (χ4n) is 0.953. The highest BCUT2D eigenvalue weighted by molar-refractivity contribution is 7.93. The predicted molar refractivity (Wildman–Crippen MR) is 67.5 cm³/mol. The molecule has 1 atom stereocenters. The molecule has 90 valence electrons. The summed E-state index contributed by atoms with van der Waals surface area (Å²) in [6.07, 6.45) is 0. The minimum Gasteiger partial charge on any atom is -0.329 e. The van der Waals surface area contributed by atoms with Crippen molar-refractivity contribution < 1.29 is 8.42 Å². The molecule has 0 amide bonds. The largest absolute Gasteiger partial charge is 0.329 e. The van der Waals surface area contributed by atoms with Crippen molar-refractivity contribution in [3.8, 4) is 0 Å². The van der Waals surface area contributed by atoms with Crippen LogP contribution in [0.15, 0.2) is 18.2 Å². The highest BCUT2D eigenvalue weighted by Crippen LogP contribution is 2.26. The molecule has 0 aromatic heterocycles. The summed E-state index contributed by atoms with van der Waals surface area (Å²) < 4.78 is 25.7. The molecule has 0 saturated carbocycles. The van der Waals surface area contributed by atoms with E-state index in [1.165, 1.54) is 19.1 Å². The molecular weight excluding hydrogens is 271 g/mol. The van der Waals surface area contributed by atoms with Crippen molar-refractivity contribution >= 4 is 38.9 Å². The van der Waals surface area contributed by atoms with Crippen LogP contribution in [0.1, 0.15) is 6.92 Å². The van der Waals surface area contributed by atoms with Gasteiger partial charge < -0.3 is 5.73 Å². The summed E-state index contributed by atoms with van der Waals surface area (Å²) >= 11 is 11.5. The Morgan fingerprint density at radius 1 is 1.44 bits per heavy atom. The van der Waals surface area contributed by atoms with Crippen LogP contribution in [0.3, 0.4) is 0 Å². The Morgan fingerprint density at radius 2 is 2.06 bits per heavy atom. The quantitative estimate of drug-likeness (QED) is 0.888. The first-order valence-electron chi connectivity index (χ1n) is 4.53. The molecule has 0 aliphatic heterocycles. The maximum absolute atomic E-state index is 11.7. The number of halogens is 2. The second-order valence-electron chi connectivity index (χ2n) is 3.32. The van der Waals surface area contributed by atoms with Crippen LogP contribution in [0.2, 0.25) is 10.0 Å². The minimum atomic E-state index is -3.50. The molecule has 0 heterocycles. The molecule has 1 aromatic rings. The predicted octanol–water partition coefficient (Wildman–Crippen LogP) is 2.08. The Kier molecular flexibility index (Phi) is 4.43. The van der Waals surface area contributed by atoms with Crippen LogP contribution in [-0.2, 0) is 10.0 Å². The van der Waals surface area contributed by atoms with E-state index < -0.39 is 15.3 Å². The first-order chi connectivity index (χ1) is 7.36. The summed E-state index contributed by atoms with van der Waals surface area (Å²) in [5.41, 5.74) is 5.60. The van der Waals surface area contributed by atoms with Crippen molar-refractivity contribution in [2.75, 3.05) is 11.3 Å². The Morgan fingerprint density at radius 3 is 2.56 bits per heavy atom. The zero-order valence-electron chi connectivity index (χ0n) is 8.57. The lowest BCUT2D eigenvalue weighted by Gasteiger charge is -2.13. The van der Waals surface area contributed by atoms with Crippen LogP contribution in [0, 0.1) is 0 Å². The topological polar surface area (TPSA) is 72.2 Å². The van der Waals surface area contributed by atoms with Crippen molar-refractivity contribution in [3.05, 3.63) is 28.2 Å². The Labute approximate surface area is 105 Å². The van der Waals surface area contributed by atoms with Gasteiger partial charge >= 0.3 is 0 Å². The lowest BCUT2D eigenvalue weighted by atomic mass is 10.3. The van der Waals surface area contributed by atoms with Crippen molar-refractivity contribution in [2.45, 2.75) is 12.2 Å². The Bertz CT molecular complexity index is 476. The first kappa shape index (κ1) is 13.6. The van der Waals surface area contributed by atoms with E-state index in [9.17, 15) is 8.42 Å². The van der Waals surface area contributed by atoms with Gasteiger partial charge in [-0.2, -0.15) is 0 Å². The van der Waals surface area contributed by atoms with Crippen LogP contribution in [0.25, 0.3) is 0 Å². The van der Waals surface area contributed by atoms with E-state index >= 15 is 0 Å². The van der Waals surface area contributed by atoms with Gasteiger partial charge in [-0.1, -0.05) is 23.2 Å². The van der Waals surface area contributed by atoms with Gasteiger partial charge in [-0.25, -0.2) is 8.42 Å². The van der Waals surface area contributed by atoms with Gasteiger partial charge in [-0.15, -0.1) is 0 Å². The number of benzene rings is 1. The molecule has 16 heavy (non-hydrogen) atoms. The summed E-state index contributed by atoms with van der Waals surface area (Å²) in [5, 5.41) is 0.0133. The van der Waals surface area contributed by atoms with Gasteiger partial charge in [0.25, 0.3) is 0 Å². The van der Waals surface area contributed by atoms with Crippen molar-refractivity contribution in [3.63, 3.8) is 0 Å². The number of nitrogens with two attached hydrogens (primary N) is 1. The van der Waals surface area contributed by atoms with Gasteiger partial charge in [0.05, 0.1) is 16.0 Å². The molecule has 1 rings (SSSR count). The highest BCUT2D eigenvalue weighted by atomic mass is 35.5. The fraction of sp³-hybridized carbons (Fsp3) is 0.333. The third-order valence-electron chi connectivity index (χ3n) is 2.04. The maximum Gasteiger partial charge on any atom is 0.236 e. The molecule has 0 aliphatic rings. The van der Waals surface area contributed by atoms with E-state index in [0.717, 1.165) is 0 Å². The van der Waals surface area contributed by atoms with Crippen LogP contribution in [-0.4, -0.2) is 20.2 Å². The molecular formula is C9H12Cl2N2O2S. The number of sulfonamides is 1. The van der Waals surface area contributed by atoms with Crippen LogP contribution in [0.5, 0.6) is 0 Å². The fourth-order valence-corrected chi connectivity index (χ4v) is 2.40. The zero-order valence-corrected chi connectivity index (χ0v) is 10.9. The number of hydrogen-bond donors (Lipinski definition) is 2. The van der Waals surface area contributed by atoms with Gasteiger partial charge in [0.1, 0.15) is 0 Å². The summed E-state index contributed by atoms with van der Waals surface area (Å²) in [7, 11) is -3.50. The van der Waals surface area contributed by atoms with Gasteiger partial charge in [0.15, 0.2) is 0 Å². The van der Waals surface area contributed by atoms with E-state index in [2.05, 4.69) is 4.72 Å². The average molecular weight is 283 g/mol. The number of rotatable bonds is 4. The standard InChI is InChI=1S/C9H12Cl2N2O2S/c1-6(5-12)16(14,15)13-9-3-2-7(10)4-8(9)11/h2-4,6,13H,5,12H2,1H3. The zero-order chi connectivity index (χ0) is 12.3. The SMILES string of the molecule is CC(CN)S(=O)(=O)Nc1ccc(Cl)cc1Cl. The van der Waals surface area contributed by atoms with Gasteiger partial charge in [0, 0.05) is 11.6 Å². The minimum absolute atomic E-state index is 0.0422. The molecule has 1 unspecified atom stereocenters. The monoisotopic (exact) mass is 282 g/mol. The number of nitrogens with one attached hydrogen (secondary N) is 1. The summed E-state index contributed by atoms with van der Waals surface area (Å²) in [6, 6.07) is 4.53. The molecule has 0 aliphatic carbocycles. The lowest BCUT2D eigenvalue weighted by molar-refractivity contribution is 0.589. The molecule has 0 radical (unpaired) electrons. The summed E-state index contributed by atoms with van der Waals surface area (Å²) in [6.45, 7) is 1.56. The van der Waals surface area contributed by atoms with Crippen molar-refractivity contribution in [1.29, 1.82) is 0 Å². The second-order valence-corrected chi connectivity index (χ2v) is 6.26. The summed E-state index contributed by atoms with van der Waals surface area (Å²) in [4.78, 5) is 0. The Balaban J connectivity index is 2.97. The van der Waals surface area contributed by atoms with Crippen LogP contribution >= 0.6 is 23.2 Å².